The van der Waals surface area contributed by atoms with Crippen LogP contribution in [0.2, 0.25) is 0 Å². The third-order valence-electron chi connectivity index (χ3n) is 2.27. The molecule has 1 rings (SSSR count). The van der Waals surface area contributed by atoms with Gasteiger partial charge in [-0.15, -0.1) is 0 Å². The summed E-state index contributed by atoms with van der Waals surface area (Å²) in [6, 6.07) is 7.01. The molecule has 1 atom stereocenters. The zero-order chi connectivity index (χ0) is 13.4. The number of aliphatic hydroxyl groups is 1. The normalized spacial score (nSPS) is 11.9. The zero-order valence-electron chi connectivity index (χ0n) is 10.5. The molecule has 0 saturated carbocycles. The Balaban J connectivity index is 2.19. The summed E-state index contributed by atoms with van der Waals surface area (Å²) >= 11 is 0. The first-order valence-corrected chi connectivity index (χ1v) is 5.86. The van der Waals surface area contributed by atoms with Crippen molar-refractivity contribution in [3.05, 3.63) is 24.3 Å². The van der Waals surface area contributed by atoms with Crippen LogP contribution >= 0.6 is 0 Å². The van der Waals surface area contributed by atoms with Gasteiger partial charge in [-0.3, -0.25) is 4.79 Å². The fourth-order valence-corrected chi connectivity index (χ4v) is 1.22. The van der Waals surface area contributed by atoms with Crippen molar-refractivity contribution in [1.82, 2.24) is 0 Å². The fraction of sp³-hybridized carbons (Fsp3) is 0.462. The van der Waals surface area contributed by atoms with Crippen molar-refractivity contribution in [2.75, 3.05) is 25.6 Å². The van der Waals surface area contributed by atoms with Crippen LogP contribution in [0.25, 0.3) is 0 Å². The lowest BCUT2D eigenvalue weighted by Gasteiger charge is -2.09. The monoisotopic (exact) mass is 253 g/mol. The molecule has 100 valence electrons. The van der Waals surface area contributed by atoms with Crippen LogP contribution in [-0.2, 0) is 9.53 Å². The Morgan fingerprint density at radius 2 is 2.28 bits per heavy atom. The van der Waals surface area contributed by atoms with Crippen molar-refractivity contribution in [1.29, 1.82) is 0 Å². The molecule has 0 aliphatic carbocycles. The van der Waals surface area contributed by atoms with Crippen molar-refractivity contribution in [2.24, 2.45) is 5.92 Å². The van der Waals surface area contributed by atoms with E-state index in [0.717, 1.165) is 0 Å². The molecule has 0 aliphatic heterocycles. The summed E-state index contributed by atoms with van der Waals surface area (Å²) in [4.78, 5) is 11.3. The van der Waals surface area contributed by atoms with Gasteiger partial charge in [0.2, 0.25) is 0 Å². The van der Waals surface area contributed by atoms with Gasteiger partial charge in [0, 0.05) is 24.3 Å². The Bertz CT molecular complexity index is 381. The highest BCUT2D eigenvalue weighted by molar-refractivity contribution is 5.69. The summed E-state index contributed by atoms with van der Waals surface area (Å²) in [6.45, 7) is 2.28. The predicted molar refractivity (Wildman–Crippen MR) is 68.2 cm³/mol. The molecule has 5 nitrogen and oxygen atoms in total. The fourth-order valence-electron chi connectivity index (χ4n) is 1.22. The van der Waals surface area contributed by atoms with E-state index in [1.165, 1.54) is 0 Å². The van der Waals surface area contributed by atoms with Crippen molar-refractivity contribution in [2.45, 2.75) is 13.3 Å². The van der Waals surface area contributed by atoms with Crippen LogP contribution in [-0.4, -0.2) is 30.9 Å². The summed E-state index contributed by atoms with van der Waals surface area (Å²) in [7, 11) is 0. The highest BCUT2D eigenvalue weighted by Crippen LogP contribution is 2.14. The molecule has 18 heavy (non-hydrogen) atoms. The number of nitrogens with two attached hydrogens (primary N) is 1. The number of nitrogen functional groups attached to an aromatic ring is 1. The van der Waals surface area contributed by atoms with Gasteiger partial charge < -0.3 is 20.3 Å². The largest absolute Gasteiger partial charge is 0.493 e. The Hall–Kier alpha value is -1.75. The van der Waals surface area contributed by atoms with Gasteiger partial charge in [0.15, 0.2) is 0 Å². The lowest BCUT2D eigenvalue weighted by Crippen LogP contribution is -2.16. The lowest BCUT2D eigenvalue weighted by atomic mass is 10.2. The highest BCUT2D eigenvalue weighted by atomic mass is 16.5. The van der Waals surface area contributed by atoms with Gasteiger partial charge in [-0.25, -0.2) is 0 Å². The molecule has 5 heteroatoms. The molecule has 0 saturated heterocycles. The first-order chi connectivity index (χ1) is 8.61. The maximum atomic E-state index is 11.3. The van der Waals surface area contributed by atoms with Crippen LogP contribution < -0.4 is 10.5 Å². The second kappa shape index (κ2) is 7.55. The van der Waals surface area contributed by atoms with E-state index >= 15 is 0 Å². The second-order valence-corrected chi connectivity index (χ2v) is 4.14. The number of carbonyl (C=O) groups is 1. The lowest BCUT2D eigenvalue weighted by molar-refractivity contribution is -0.145. The Morgan fingerprint density at radius 1 is 1.50 bits per heavy atom. The number of aliphatic hydroxyl groups excluding tert-OH is 1. The molecular weight excluding hydrogens is 234 g/mol. The maximum Gasteiger partial charge on any atom is 0.309 e. The Kier molecular flexibility index (Phi) is 6.00. The quantitative estimate of drug-likeness (QED) is 0.564. The molecule has 0 amide bonds. The van der Waals surface area contributed by atoms with Gasteiger partial charge in [-0.1, -0.05) is 13.0 Å². The maximum absolute atomic E-state index is 11.3. The van der Waals surface area contributed by atoms with Crippen LogP contribution in [0, 0.1) is 5.92 Å². The Morgan fingerprint density at radius 3 is 2.94 bits per heavy atom. The minimum Gasteiger partial charge on any atom is -0.493 e. The minimum absolute atomic E-state index is 0.00702. The molecule has 3 N–H and O–H groups in total. The third kappa shape index (κ3) is 5.54. The molecule has 0 bridgehead atoms. The number of anilines is 1. The molecule has 1 aromatic rings. The summed E-state index contributed by atoms with van der Waals surface area (Å²) < 4.78 is 10.3. The van der Waals surface area contributed by atoms with Gasteiger partial charge in [0.05, 0.1) is 19.6 Å². The summed E-state index contributed by atoms with van der Waals surface area (Å²) in [5.74, 6) is 0.259. The molecule has 0 aromatic heterocycles. The van der Waals surface area contributed by atoms with Gasteiger partial charge in [0.1, 0.15) is 5.75 Å². The molecule has 0 fully saturated rings. The smallest absolute Gasteiger partial charge is 0.309 e. The van der Waals surface area contributed by atoms with E-state index in [1.54, 1.807) is 31.2 Å². The van der Waals surface area contributed by atoms with Gasteiger partial charge in [0.25, 0.3) is 0 Å². The molecule has 0 spiro atoms. The predicted octanol–water partition coefficient (Wildman–Crippen LogP) is 1.21. The van der Waals surface area contributed by atoms with E-state index < -0.39 is 0 Å². The van der Waals surface area contributed by atoms with Crippen molar-refractivity contribution < 1.29 is 19.4 Å². The summed E-state index contributed by atoms with van der Waals surface area (Å²) in [5, 5.41) is 8.77. The van der Waals surface area contributed by atoms with E-state index in [1.807, 2.05) is 0 Å². The topological polar surface area (TPSA) is 81.8 Å². The number of esters is 1. The first kappa shape index (κ1) is 14.3. The number of benzene rings is 1. The average Bonchev–Trinajstić information content (AvgIpc) is 2.36. The van der Waals surface area contributed by atoms with E-state index in [9.17, 15) is 4.79 Å². The number of hydrogen-bond donors (Lipinski definition) is 2. The van der Waals surface area contributed by atoms with Crippen molar-refractivity contribution in [3.8, 4) is 5.75 Å². The molecule has 0 radical (unpaired) electrons. The van der Waals surface area contributed by atoms with Gasteiger partial charge in [-0.2, -0.15) is 0 Å². The van der Waals surface area contributed by atoms with Crippen LogP contribution in [0.3, 0.4) is 0 Å². The molecule has 1 unspecified atom stereocenters. The summed E-state index contributed by atoms with van der Waals surface area (Å²) in [5.41, 5.74) is 6.21. The summed E-state index contributed by atoms with van der Waals surface area (Å²) in [6.07, 6.45) is 0.174. The van der Waals surface area contributed by atoms with E-state index in [2.05, 4.69) is 0 Å². The minimum atomic E-state index is -0.334. The standard InChI is InChI=1S/C13H19NO4/c1-10(8-15)9-18-13(16)5-6-17-12-4-2-3-11(14)7-12/h2-4,7,10,15H,5-6,8-9,14H2,1H3. The molecule has 0 heterocycles. The van der Waals surface area contributed by atoms with Crippen LogP contribution in [0.15, 0.2) is 24.3 Å². The molecule has 0 aliphatic rings. The molecular formula is C13H19NO4. The average molecular weight is 253 g/mol. The van der Waals surface area contributed by atoms with E-state index in [0.29, 0.717) is 11.4 Å². The first-order valence-electron chi connectivity index (χ1n) is 5.86. The van der Waals surface area contributed by atoms with Crippen LogP contribution in [0.5, 0.6) is 5.75 Å². The zero-order valence-corrected chi connectivity index (χ0v) is 10.5. The SMILES string of the molecule is CC(CO)COC(=O)CCOc1cccc(N)c1. The number of hydrogen-bond acceptors (Lipinski definition) is 5. The Labute approximate surface area is 107 Å². The number of rotatable bonds is 7. The second-order valence-electron chi connectivity index (χ2n) is 4.14. The number of ether oxygens (including phenoxy) is 2. The highest BCUT2D eigenvalue weighted by Gasteiger charge is 2.06. The van der Waals surface area contributed by atoms with Gasteiger partial charge in [-0.05, 0) is 12.1 Å². The van der Waals surface area contributed by atoms with Crippen LogP contribution in [0.1, 0.15) is 13.3 Å². The molecule has 1 aromatic carbocycles. The van der Waals surface area contributed by atoms with E-state index in [-0.39, 0.29) is 38.1 Å². The number of carbonyl (C=O) groups excluding carboxylic acids is 1. The van der Waals surface area contributed by atoms with E-state index in [4.69, 9.17) is 20.3 Å². The van der Waals surface area contributed by atoms with Crippen LogP contribution in [0.4, 0.5) is 5.69 Å². The van der Waals surface area contributed by atoms with Gasteiger partial charge >= 0.3 is 5.97 Å². The third-order valence-corrected chi connectivity index (χ3v) is 2.27. The van der Waals surface area contributed by atoms with Crippen molar-refractivity contribution in [3.63, 3.8) is 0 Å². The van der Waals surface area contributed by atoms with Crippen molar-refractivity contribution >= 4 is 11.7 Å².